The van der Waals surface area contributed by atoms with Gasteiger partial charge in [0.1, 0.15) is 4.90 Å². The third-order valence-corrected chi connectivity index (χ3v) is 7.09. The summed E-state index contributed by atoms with van der Waals surface area (Å²) in [7, 11) is -3.72. The van der Waals surface area contributed by atoms with Gasteiger partial charge in [0.15, 0.2) is 0 Å². The molecule has 140 valence electrons. The molecule has 2 aliphatic heterocycles. The fourth-order valence-electron chi connectivity index (χ4n) is 3.09. The second-order valence-corrected chi connectivity index (χ2v) is 8.74. The molecule has 6 nitrogen and oxygen atoms in total. The minimum absolute atomic E-state index is 0. The molecule has 25 heavy (non-hydrogen) atoms. The monoisotopic (exact) mass is 427 g/mol. The normalized spacial score (nSPS) is 21.8. The number of carbonyl (C=O) groups excluding carboxylic acids is 1. The molecule has 0 aromatic heterocycles. The summed E-state index contributed by atoms with van der Waals surface area (Å²) < 4.78 is 26.9. The maximum atomic E-state index is 12.8. The predicted molar refractivity (Wildman–Crippen MR) is 100 cm³/mol. The molecular formula is C15H20Cl3N3O3S. The Bertz CT molecular complexity index is 731. The van der Waals surface area contributed by atoms with E-state index in [4.69, 9.17) is 23.2 Å². The number of hydrogen-bond acceptors (Lipinski definition) is 4. The largest absolute Gasteiger partial charge is 0.340 e. The Labute approximate surface area is 163 Å². The summed E-state index contributed by atoms with van der Waals surface area (Å²) in [5.41, 5.74) is 0. The number of benzene rings is 1. The van der Waals surface area contributed by atoms with E-state index in [1.165, 1.54) is 16.4 Å². The van der Waals surface area contributed by atoms with E-state index in [-0.39, 0.29) is 47.2 Å². The van der Waals surface area contributed by atoms with E-state index in [1.807, 2.05) is 0 Å². The fraction of sp³-hybridized carbons (Fsp3) is 0.533. The van der Waals surface area contributed by atoms with Crippen LogP contribution in [0.25, 0.3) is 0 Å². The van der Waals surface area contributed by atoms with Crippen molar-refractivity contribution in [2.24, 2.45) is 5.92 Å². The number of carbonyl (C=O) groups is 1. The van der Waals surface area contributed by atoms with E-state index in [1.54, 1.807) is 11.0 Å². The van der Waals surface area contributed by atoms with Gasteiger partial charge in [0.2, 0.25) is 15.9 Å². The van der Waals surface area contributed by atoms with Crippen LogP contribution in [0.4, 0.5) is 0 Å². The van der Waals surface area contributed by atoms with Gasteiger partial charge in [-0.05, 0) is 31.2 Å². The summed E-state index contributed by atoms with van der Waals surface area (Å²) in [5, 5.41) is 3.65. The average Bonchev–Trinajstić information content (AvgIpc) is 3.11. The maximum absolute atomic E-state index is 12.8. The van der Waals surface area contributed by atoms with Crippen molar-refractivity contribution >= 4 is 51.5 Å². The van der Waals surface area contributed by atoms with E-state index in [0.29, 0.717) is 24.7 Å². The van der Waals surface area contributed by atoms with E-state index < -0.39 is 10.0 Å². The molecule has 0 aliphatic carbocycles. The zero-order chi connectivity index (χ0) is 17.3. The number of rotatable bonds is 3. The molecule has 2 saturated heterocycles. The highest BCUT2D eigenvalue weighted by molar-refractivity contribution is 7.89. The Morgan fingerprint density at radius 1 is 1.16 bits per heavy atom. The standard InChI is InChI=1S/C15H19Cl2N3O3S.ClH/c16-12-1-2-13(17)14(9-12)24(22,23)20-7-5-19(6-8-20)15(21)11-3-4-18-10-11;/h1-2,9,11,18H,3-8,10H2;1H. The number of hydrogen-bond donors (Lipinski definition) is 1. The lowest BCUT2D eigenvalue weighted by atomic mass is 10.1. The second-order valence-electron chi connectivity index (χ2n) is 5.99. The first-order valence-electron chi connectivity index (χ1n) is 7.84. The van der Waals surface area contributed by atoms with Crippen molar-refractivity contribution in [2.75, 3.05) is 39.3 Å². The number of nitrogens with one attached hydrogen (secondary N) is 1. The zero-order valence-corrected chi connectivity index (χ0v) is 16.6. The van der Waals surface area contributed by atoms with Crippen molar-refractivity contribution < 1.29 is 13.2 Å². The minimum Gasteiger partial charge on any atom is -0.340 e. The predicted octanol–water partition coefficient (Wildman–Crippen LogP) is 1.86. The van der Waals surface area contributed by atoms with Crippen molar-refractivity contribution in [3.05, 3.63) is 28.2 Å². The molecule has 3 rings (SSSR count). The SMILES string of the molecule is Cl.O=C(C1CCNC1)N1CCN(S(=O)(=O)c2cc(Cl)ccc2Cl)CC1. The third kappa shape index (κ3) is 4.40. The van der Waals surface area contributed by atoms with Crippen LogP contribution in [-0.2, 0) is 14.8 Å². The Kier molecular flexibility index (Phi) is 6.98. The van der Waals surface area contributed by atoms with Crippen LogP contribution in [0, 0.1) is 5.92 Å². The van der Waals surface area contributed by atoms with Crippen molar-refractivity contribution in [1.29, 1.82) is 0 Å². The first-order chi connectivity index (χ1) is 11.4. The quantitative estimate of drug-likeness (QED) is 0.798. The molecule has 0 saturated carbocycles. The van der Waals surface area contributed by atoms with Gasteiger partial charge in [-0.1, -0.05) is 23.2 Å². The molecule has 2 heterocycles. The molecule has 2 aliphatic rings. The average molecular weight is 429 g/mol. The number of nitrogens with zero attached hydrogens (tertiary/aromatic N) is 2. The molecule has 1 unspecified atom stereocenters. The van der Waals surface area contributed by atoms with E-state index in [9.17, 15) is 13.2 Å². The molecule has 1 N–H and O–H groups in total. The molecule has 1 aromatic rings. The highest BCUT2D eigenvalue weighted by Gasteiger charge is 2.34. The molecular weight excluding hydrogens is 409 g/mol. The molecule has 1 atom stereocenters. The summed E-state index contributed by atoms with van der Waals surface area (Å²) in [6.45, 7) is 2.88. The van der Waals surface area contributed by atoms with E-state index in [2.05, 4.69) is 5.32 Å². The van der Waals surface area contributed by atoms with Gasteiger partial charge in [-0.25, -0.2) is 8.42 Å². The summed E-state index contributed by atoms with van der Waals surface area (Å²) in [6, 6.07) is 4.39. The Hall–Kier alpha value is -0.570. The van der Waals surface area contributed by atoms with Crippen LogP contribution in [0.1, 0.15) is 6.42 Å². The van der Waals surface area contributed by atoms with Crippen LogP contribution in [0.15, 0.2) is 23.1 Å². The Morgan fingerprint density at radius 2 is 1.84 bits per heavy atom. The molecule has 1 aromatic carbocycles. The van der Waals surface area contributed by atoms with Crippen molar-refractivity contribution in [3.8, 4) is 0 Å². The van der Waals surface area contributed by atoms with E-state index >= 15 is 0 Å². The number of sulfonamides is 1. The minimum atomic E-state index is -3.72. The molecule has 10 heteroatoms. The van der Waals surface area contributed by atoms with Crippen LogP contribution in [-0.4, -0.2) is 62.8 Å². The van der Waals surface area contributed by atoms with Gasteiger partial charge in [-0.3, -0.25) is 4.79 Å². The van der Waals surface area contributed by atoms with Gasteiger partial charge in [0, 0.05) is 37.7 Å². The van der Waals surface area contributed by atoms with Crippen LogP contribution in [0.2, 0.25) is 10.0 Å². The van der Waals surface area contributed by atoms with Crippen LogP contribution >= 0.6 is 35.6 Å². The van der Waals surface area contributed by atoms with Gasteiger partial charge < -0.3 is 10.2 Å². The summed E-state index contributed by atoms with van der Waals surface area (Å²) >= 11 is 11.9. The van der Waals surface area contributed by atoms with Gasteiger partial charge >= 0.3 is 0 Å². The number of piperazine rings is 1. The Balaban J connectivity index is 0.00000225. The summed E-state index contributed by atoms with van der Waals surface area (Å²) in [6.07, 6.45) is 0.843. The molecule has 0 radical (unpaired) electrons. The maximum Gasteiger partial charge on any atom is 0.244 e. The van der Waals surface area contributed by atoms with Gasteiger partial charge in [-0.15, -0.1) is 12.4 Å². The lowest BCUT2D eigenvalue weighted by molar-refractivity contribution is -0.136. The van der Waals surface area contributed by atoms with Gasteiger partial charge in [0.05, 0.1) is 10.9 Å². The first kappa shape index (κ1) is 20.7. The van der Waals surface area contributed by atoms with Crippen molar-refractivity contribution in [2.45, 2.75) is 11.3 Å². The van der Waals surface area contributed by atoms with Crippen LogP contribution in [0.5, 0.6) is 0 Å². The Morgan fingerprint density at radius 3 is 2.44 bits per heavy atom. The lowest BCUT2D eigenvalue weighted by Crippen LogP contribution is -2.52. The van der Waals surface area contributed by atoms with Crippen LogP contribution in [0.3, 0.4) is 0 Å². The number of amides is 1. The van der Waals surface area contributed by atoms with Gasteiger partial charge in [0.25, 0.3) is 0 Å². The summed E-state index contributed by atoms with van der Waals surface area (Å²) in [4.78, 5) is 14.2. The lowest BCUT2D eigenvalue weighted by Gasteiger charge is -2.35. The number of halogens is 3. The van der Waals surface area contributed by atoms with E-state index in [0.717, 1.165) is 13.0 Å². The fourth-order valence-corrected chi connectivity index (χ4v) is 5.25. The van der Waals surface area contributed by atoms with Crippen molar-refractivity contribution in [3.63, 3.8) is 0 Å². The first-order valence-corrected chi connectivity index (χ1v) is 10.0. The molecule has 2 fully saturated rings. The van der Waals surface area contributed by atoms with Gasteiger partial charge in [-0.2, -0.15) is 4.31 Å². The highest BCUT2D eigenvalue weighted by Crippen LogP contribution is 2.28. The third-order valence-electron chi connectivity index (χ3n) is 4.47. The van der Waals surface area contributed by atoms with Crippen molar-refractivity contribution in [1.82, 2.24) is 14.5 Å². The zero-order valence-electron chi connectivity index (χ0n) is 13.5. The highest BCUT2D eigenvalue weighted by atomic mass is 35.5. The topological polar surface area (TPSA) is 69.7 Å². The smallest absolute Gasteiger partial charge is 0.244 e. The molecule has 0 spiro atoms. The molecule has 0 bridgehead atoms. The summed E-state index contributed by atoms with van der Waals surface area (Å²) in [5.74, 6) is 0.119. The molecule has 1 amide bonds. The second kappa shape index (κ2) is 8.41. The van der Waals surface area contributed by atoms with Crippen LogP contribution < -0.4 is 5.32 Å².